The Morgan fingerprint density at radius 3 is 2.68 bits per heavy atom. The van der Waals surface area contributed by atoms with Crippen LogP contribution in [0, 0.1) is 5.82 Å². The van der Waals surface area contributed by atoms with E-state index in [2.05, 4.69) is 5.32 Å². The Morgan fingerprint density at radius 2 is 1.92 bits per heavy atom. The molecule has 0 unspecified atom stereocenters. The number of hydrogen-bond acceptors (Lipinski definition) is 3. The van der Waals surface area contributed by atoms with Crippen LogP contribution in [0.5, 0.6) is 5.75 Å². The largest absolute Gasteiger partial charge is 0.488 e. The second kappa shape index (κ2) is 10.6. The maximum Gasteiger partial charge on any atom is 0.131 e. The minimum absolute atomic E-state index is 0.0522. The molecule has 0 aliphatic carbocycles. The van der Waals surface area contributed by atoms with Gasteiger partial charge in [-0.2, -0.15) is 0 Å². The first kappa shape index (κ1) is 20.0. The Hall–Kier alpha value is -1.33. The van der Waals surface area contributed by atoms with E-state index in [1.54, 1.807) is 24.3 Å². The van der Waals surface area contributed by atoms with E-state index in [0.717, 1.165) is 31.4 Å². The van der Waals surface area contributed by atoms with Crippen LogP contribution in [0.3, 0.4) is 0 Å². The molecule has 0 saturated heterocycles. The van der Waals surface area contributed by atoms with Crippen LogP contribution >= 0.6 is 23.2 Å². The van der Waals surface area contributed by atoms with Crippen LogP contribution in [0.15, 0.2) is 36.4 Å². The summed E-state index contributed by atoms with van der Waals surface area (Å²) in [6.07, 6.45) is 2.78. The molecule has 0 fully saturated rings. The van der Waals surface area contributed by atoms with Crippen molar-refractivity contribution in [1.29, 1.82) is 0 Å². The molecule has 0 aromatic heterocycles. The second-order valence-electron chi connectivity index (χ2n) is 5.70. The highest BCUT2D eigenvalue weighted by Crippen LogP contribution is 2.26. The van der Waals surface area contributed by atoms with Crippen molar-refractivity contribution in [2.45, 2.75) is 32.4 Å². The average Bonchev–Trinajstić information content (AvgIpc) is 2.59. The highest BCUT2D eigenvalue weighted by Gasteiger charge is 2.10. The zero-order valence-electron chi connectivity index (χ0n) is 13.9. The van der Waals surface area contributed by atoms with Gasteiger partial charge in [0.15, 0.2) is 0 Å². The first-order chi connectivity index (χ1) is 12.1. The van der Waals surface area contributed by atoms with Gasteiger partial charge in [-0.3, -0.25) is 0 Å². The van der Waals surface area contributed by atoms with E-state index >= 15 is 0 Å². The maximum absolute atomic E-state index is 13.9. The van der Waals surface area contributed by atoms with Crippen LogP contribution < -0.4 is 10.1 Å². The molecule has 0 bridgehead atoms. The van der Waals surface area contributed by atoms with Crippen molar-refractivity contribution in [1.82, 2.24) is 5.32 Å². The van der Waals surface area contributed by atoms with Crippen LogP contribution in [-0.2, 0) is 13.2 Å². The molecule has 2 aromatic carbocycles. The molecule has 2 rings (SSSR count). The molecule has 25 heavy (non-hydrogen) atoms. The standard InChI is InChI=1S/C19H22Cl2FNO2/c20-15-7-8-19(14(11-15)12-23-9-2-1-3-10-24)25-13-16-17(21)5-4-6-18(16)22/h4-8,11,23-24H,1-3,9-10,12-13H2. The van der Waals surface area contributed by atoms with E-state index in [1.165, 1.54) is 6.07 Å². The summed E-state index contributed by atoms with van der Waals surface area (Å²) in [5, 5.41) is 13.1. The Morgan fingerprint density at radius 1 is 1.08 bits per heavy atom. The summed E-state index contributed by atoms with van der Waals surface area (Å²) in [5.74, 6) is 0.261. The molecule has 0 aliphatic rings. The van der Waals surface area contributed by atoms with Gasteiger partial charge < -0.3 is 15.2 Å². The fourth-order valence-corrected chi connectivity index (χ4v) is 2.82. The first-order valence-corrected chi connectivity index (χ1v) is 9.03. The Bertz CT molecular complexity index is 662. The third-order valence-electron chi connectivity index (χ3n) is 3.78. The summed E-state index contributed by atoms with van der Waals surface area (Å²) in [5.41, 5.74) is 1.24. The first-order valence-electron chi connectivity index (χ1n) is 8.27. The molecule has 0 saturated carbocycles. The lowest BCUT2D eigenvalue weighted by molar-refractivity contribution is 0.282. The summed E-state index contributed by atoms with van der Waals surface area (Å²) in [7, 11) is 0. The SMILES string of the molecule is OCCCCCNCc1cc(Cl)ccc1OCc1c(F)cccc1Cl. The molecule has 2 N–H and O–H groups in total. The molecule has 6 heteroatoms. The number of nitrogens with one attached hydrogen (secondary N) is 1. The van der Waals surface area contributed by atoms with Gasteiger partial charge in [-0.05, 0) is 56.1 Å². The molecule has 2 aromatic rings. The quantitative estimate of drug-likeness (QED) is 0.567. The van der Waals surface area contributed by atoms with E-state index in [4.69, 9.17) is 33.0 Å². The van der Waals surface area contributed by atoms with Gasteiger partial charge in [0, 0.05) is 29.3 Å². The molecule has 0 amide bonds. The monoisotopic (exact) mass is 385 g/mol. The molecule has 136 valence electrons. The zero-order chi connectivity index (χ0) is 18.1. The predicted octanol–water partition coefficient (Wildman–Crippen LogP) is 4.96. The number of hydrogen-bond donors (Lipinski definition) is 2. The fraction of sp³-hybridized carbons (Fsp3) is 0.368. The minimum Gasteiger partial charge on any atom is -0.488 e. The second-order valence-corrected chi connectivity index (χ2v) is 6.55. The van der Waals surface area contributed by atoms with Crippen LogP contribution in [-0.4, -0.2) is 18.3 Å². The lowest BCUT2D eigenvalue weighted by Crippen LogP contribution is -2.15. The molecular formula is C19H22Cl2FNO2. The van der Waals surface area contributed by atoms with E-state index < -0.39 is 0 Å². The Balaban J connectivity index is 1.96. The average molecular weight is 386 g/mol. The summed E-state index contributed by atoms with van der Waals surface area (Å²) in [6, 6.07) is 9.92. The number of aliphatic hydroxyl groups is 1. The number of halogens is 3. The molecule has 3 nitrogen and oxygen atoms in total. The van der Waals surface area contributed by atoms with Crippen LogP contribution in [0.25, 0.3) is 0 Å². The lowest BCUT2D eigenvalue weighted by Gasteiger charge is -2.14. The van der Waals surface area contributed by atoms with E-state index in [-0.39, 0.29) is 19.0 Å². The summed E-state index contributed by atoms with van der Waals surface area (Å²) in [6.45, 7) is 1.71. The summed E-state index contributed by atoms with van der Waals surface area (Å²) >= 11 is 12.1. The normalized spacial score (nSPS) is 10.9. The molecule has 0 spiro atoms. The molecule has 0 heterocycles. The highest BCUT2D eigenvalue weighted by molar-refractivity contribution is 6.31. The smallest absolute Gasteiger partial charge is 0.131 e. The van der Waals surface area contributed by atoms with Crippen molar-refractivity contribution < 1.29 is 14.2 Å². The lowest BCUT2D eigenvalue weighted by atomic mass is 10.2. The molecule has 0 radical (unpaired) electrons. The van der Waals surface area contributed by atoms with Crippen LogP contribution in [0.1, 0.15) is 30.4 Å². The third-order valence-corrected chi connectivity index (χ3v) is 4.37. The third kappa shape index (κ3) is 6.48. The van der Waals surface area contributed by atoms with Crippen molar-refractivity contribution in [3.63, 3.8) is 0 Å². The Labute approximate surface area is 157 Å². The van der Waals surface area contributed by atoms with Gasteiger partial charge in [0.1, 0.15) is 18.2 Å². The fourth-order valence-electron chi connectivity index (χ4n) is 2.41. The number of unbranched alkanes of at least 4 members (excludes halogenated alkanes) is 2. The van der Waals surface area contributed by atoms with Gasteiger partial charge in [-0.1, -0.05) is 29.3 Å². The van der Waals surface area contributed by atoms with E-state index in [0.29, 0.717) is 27.9 Å². The number of aliphatic hydroxyl groups excluding tert-OH is 1. The van der Waals surface area contributed by atoms with Crippen LogP contribution in [0.4, 0.5) is 4.39 Å². The summed E-state index contributed by atoms with van der Waals surface area (Å²) < 4.78 is 19.6. The van der Waals surface area contributed by atoms with Crippen molar-refractivity contribution in [2.24, 2.45) is 0 Å². The van der Waals surface area contributed by atoms with Gasteiger partial charge in [-0.15, -0.1) is 0 Å². The minimum atomic E-state index is -0.384. The maximum atomic E-state index is 13.9. The van der Waals surface area contributed by atoms with Gasteiger partial charge in [0.2, 0.25) is 0 Å². The van der Waals surface area contributed by atoms with Crippen molar-refractivity contribution in [2.75, 3.05) is 13.2 Å². The topological polar surface area (TPSA) is 41.5 Å². The van der Waals surface area contributed by atoms with E-state index in [9.17, 15) is 4.39 Å². The highest BCUT2D eigenvalue weighted by atomic mass is 35.5. The zero-order valence-corrected chi connectivity index (χ0v) is 15.4. The van der Waals surface area contributed by atoms with Gasteiger partial charge in [0.05, 0.1) is 5.02 Å². The van der Waals surface area contributed by atoms with Gasteiger partial charge in [0.25, 0.3) is 0 Å². The predicted molar refractivity (Wildman–Crippen MR) is 99.8 cm³/mol. The van der Waals surface area contributed by atoms with Crippen LogP contribution in [0.2, 0.25) is 10.0 Å². The van der Waals surface area contributed by atoms with Crippen molar-refractivity contribution in [3.8, 4) is 5.75 Å². The van der Waals surface area contributed by atoms with Crippen molar-refractivity contribution >= 4 is 23.2 Å². The van der Waals surface area contributed by atoms with Gasteiger partial charge >= 0.3 is 0 Å². The Kier molecular flexibility index (Phi) is 8.49. The van der Waals surface area contributed by atoms with Crippen molar-refractivity contribution in [3.05, 3.63) is 63.4 Å². The molecule has 0 atom stereocenters. The number of rotatable bonds is 10. The van der Waals surface area contributed by atoms with E-state index in [1.807, 2.05) is 6.07 Å². The molecule has 0 aliphatic heterocycles. The summed E-state index contributed by atoms with van der Waals surface area (Å²) in [4.78, 5) is 0. The van der Waals surface area contributed by atoms with Gasteiger partial charge in [-0.25, -0.2) is 4.39 Å². The molecular weight excluding hydrogens is 364 g/mol. The number of ether oxygens (including phenoxy) is 1. The number of benzene rings is 2.